The smallest absolute Gasteiger partial charge is 0.116 e. The van der Waals surface area contributed by atoms with E-state index in [9.17, 15) is 5.11 Å². The molecule has 5 nitrogen and oxygen atoms in total. The molecule has 2 N–H and O–H groups in total. The summed E-state index contributed by atoms with van der Waals surface area (Å²) in [5.41, 5.74) is 5.54. The monoisotopic (exact) mass is 362 g/mol. The van der Waals surface area contributed by atoms with Gasteiger partial charge in [-0.25, -0.2) is 4.98 Å². The summed E-state index contributed by atoms with van der Waals surface area (Å²) < 4.78 is 0. The number of hydrogen-bond acceptors (Lipinski definition) is 4. The van der Waals surface area contributed by atoms with E-state index in [1.54, 1.807) is 12.1 Å². The first-order valence-electron chi connectivity index (χ1n) is 9.64. The van der Waals surface area contributed by atoms with E-state index in [1.807, 2.05) is 18.3 Å². The van der Waals surface area contributed by atoms with Gasteiger partial charge in [0.1, 0.15) is 11.6 Å². The molecule has 4 rings (SSSR count). The number of likely N-dealkylation sites (tertiary alicyclic amines) is 1. The van der Waals surface area contributed by atoms with Crippen LogP contribution in [0.1, 0.15) is 42.0 Å². The fourth-order valence-electron chi connectivity index (χ4n) is 3.87. The highest BCUT2D eigenvalue weighted by Crippen LogP contribution is 2.31. The second kappa shape index (κ2) is 7.53. The van der Waals surface area contributed by atoms with Crippen LogP contribution in [0.2, 0.25) is 0 Å². The molecule has 3 heterocycles. The number of hydrogen-bond donors (Lipinski definition) is 2. The molecule has 27 heavy (non-hydrogen) atoms. The van der Waals surface area contributed by atoms with Crippen LogP contribution in [0.5, 0.6) is 5.75 Å². The van der Waals surface area contributed by atoms with E-state index in [0.29, 0.717) is 5.92 Å². The quantitative estimate of drug-likeness (QED) is 0.719. The summed E-state index contributed by atoms with van der Waals surface area (Å²) >= 11 is 0. The van der Waals surface area contributed by atoms with Crippen LogP contribution in [0, 0.1) is 6.92 Å². The average Bonchev–Trinajstić information content (AvgIpc) is 3.29. The number of aryl methyl sites for hydroxylation is 2. The third-order valence-corrected chi connectivity index (χ3v) is 5.41. The number of pyridine rings is 1. The zero-order valence-corrected chi connectivity index (χ0v) is 15.9. The number of aromatic amines is 1. The lowest BCUT2D eigenvalue weighted by Crippen LogP contribution is -2.20. The van der Waals surface area contributed by atoms with Crippen LogP contribution in [-0.2, 0) is 13.0 Å². The minimum Gasteiger partial charge on any atom is -0.508 e. The Morgan fingerprint density at radius 3 is 2.93 bits per heavy atom. The Bertz CT molecular complexity index is 934. The normalized spacial score (nSPS) is 17.5. The first-order chi connectivity index (χ1) is 13.1. The molecule has 1 saturated heterocycles. The van der Waals surface area contributed by atoms with Crippen molar-refractivity contribution in [1.29, 1.82) is 0 Å². The third-order valence-electron chi connectivity index (χ3n) is 5.41. The number of benzene rings is 1. The highest BCUT2D eigenvalue weighted by atomic mass is 16.3. The number of nitrogens with zero attached hydrogens (tertiary/aromatic N) is 3. The van der Waals surface area contributed by atoms with Crippen LogP contribution in [0.15, 0.2) is 42.6 Å². The van der Waals surface area contributed by atoms with Crippen molar-refractivity contribution in [2.75, 3.05) is 13.1 Å². The largest absolute Gasteiger partial charge is 0.508 e. The van der Waals surface area contributed by atoms with Gasteiger partial charge in [0.05, 0.1) is 11.4 Å². The molecule has 1 aromatic carbocycles. The first kappa shape index (κ1) is 17.7. The van der Waals surface area contributed by atoms with Crippen LogP contribution >= 0.6 is 0 Å². The van der Waals surface area contributed by atoms with E-state index in [0.717, 1.165) is 49.6 Å². The Hall–Kier alpha value is -2.66. The van der Waals surface area contributed by atoms with Crippen molar-refractivity contribution in [2.24, 2.45) is 0 Å². The lowest BCUT2D eigenvalue weighted by atomic mass is 9.97. The Balaban J connectivity index is 1.47. The maximum Gasteiger partial charge on any atom is 0.116 e. The highest BCUT2D eigenvalue weighted by Gasteiger charge is 2.25. The van der Waals surface area contributed by atoms with Crippen molar-refractivity contribution < 1.29 is 5.11 Å². The summed E-state index contributed by atoms with van der Waals surface area (Å²) in [6.07, 6.45) is 3.97. The van der Waals surface area contributed by atoms with Gasteiger partial charge in [-0.15, -0.1) is 0 Å². The number of aromatic hydroxyl groups is 1. The molecule has 0 amide bonds. The standard InChI is InChI=1S/C22H26N4O/c1-3-22-24-15(2)21(25-22)14-26-10-8-18(13-26)16-7-9-23-20(12-16)17-5-4-6-19(27)11-17/h4-7,9,11-12,18,27H,3,8,10,13-14H2,1-2H3,(H,24,25)/t18-/m1/s1. The Morgan fingerprint density at radius 2 is 2.15 bits per heavy atom. The molecule has 0 spiro atoms. The highest BCUT2D eigenvalue weighted by molar-refractivity contribution is 5.61. The predicted molar refractivity (Wildman–Crippen MR) is 107 cm³/mol. The van der Waals surface area contributed by atoms with Gasteiger partial charge in [0.15, 0.2) is 0 Å². The third kappa shape index (κ3) is 3.88. The molecule has 1 aliphatic rings. The Kier molecular flexibility index (Phi) is 4.94. The molecule has 3 aromatic rings. The molecule has 1 aliphatic heterocycles. The SMILES string of the molecule is CCc1nc(CN2CC[C@@H](c3ccnc(-c4cccc(O)c4)c3)C2)c(C)[nH]1. The first-order valence-corrected chi connectivity index (χ1v) is 9.64. The van der Waals surface area contributed by atoms with E-state index in [4.69, 9.17) is 4.98 Å². The molecule has 1 atom stereocenters. The number of aromatic nitrogens is 3. The molecule has 0 unspecified atom stereocenters. The molecule has 2 aromatic heterocycles. The van der Waals surface area contributed by atoms with Crippen LogP contribution in [0.25, 0.3) is 11.3 Å². The molecule has 1 fully saturated rings. The van der Waals surface area contributed by atoms with Gasteiger partial charge in [0.2, 0.25) is 0 Å². The summed E-state index contributed by atoms with van der Waals surface area (Å²) in [7, 11) is 0. The molecule has 0 aliphatic carbocycles. The van der Waals surface area contributed by atoms with Crippen molar-refractivity contribution in [1.82, 2.24) is 19.9 Å². The fraction of sp³-hybridized carbons (Fsp3) is 0.364. The van der Waals surface area contributed by atoms with Crippen LogP contribution in [-0.4, -0.2) is 38.0 Å². The summed E-state index contributed by atoms with van der Waals surface area (Å²) in [6.45, 7) is 7.27. The Labute approximate surface area is 160 Å². The predicted octanol–water partition coefficient (Wildman–Crippen LogP) is 4.04. The lowest BCUT2D eigenvalue weighted by Gasteiger charge is -2.16. The van der Waals surface area contributed by atoms with Gasteiger partial charge < -0.3 is 10.1 Å². The van der Waals surface area contributed by atoms with Gasteiger partial charge in [-0.1, -0.05) is 19.1 Å². The van der Waals surface area contributed by atoms with Crippen molar-refractivity contribution in [3.8, 4) is 17.0 Å². The van der Waals surface area contributed by atoms with E-state index in [-0.39, 0.29) is 5.75 Å². The number of phenolic OH excluding ortho intramolecular Hbond substituents is 1. The molecular weight excluding hydrogens is 336 g/mol. The molecule has 0 radical (unpaired) electrons. The van der Waals surface area contributed by atoms with Gasteiger partial charge in [0.25, 0.3) is 0 Å². The van der Waals surface area contributed by atoms with Crippen molar-refractivity contribution in [3.05, 3.63) is 65.4 Å². The summed E-state index contributed by atoms with van der Waals surface area (Å²) in [5, 5.41) is 9.73. The number of H-pyrrole nitrogens is 1. The van der Waals surface area contributed by atoms with E-state index < -0.39 is 0 Å². The van der Waals surface area contributed by atoms with Crippen LogP contribution in [0.3, 0.4) is 0 Å². The van der Waals surface area contributed by atoms with Crippen molar-refractivity contribution >= 4 is 0 Å². The second-order valence-corrected chi connectivity index (χ2v) is 7.35. The van der Waals surface area contributed by atoms with E-state index >= 15 is 0 Å². The molecule has 0 saturated carbocycles. The van der Waals surface area contributed by atoms with E-state index in [2.05, 4.69) is 40.8 Å². The minimum atomic E-state index is 0.271. The van der Waals surface area contributed by atoms with Crippen LogP contribution in [0.4, 0.5) is 0 Å². The summed E-state index contributed by atoms with van der Waals surface area (Å²) in [4.78, 5) is 15.1. The summed E-state index contributed by atoms with van der Waals surface area (Å²) in [5.74, 6) is 1.85. The molecular formula is C22H26N4O. The van der Waals surface area contributed by atoms with Gasteiger partial charge in [-0.3, -0.25) is 9.88 Å². The molecule has 5 heteroatoms. The molecule has 0 bridgehead atoms. The average molecular weight is 362 g/mol. The van der Waals surface area contributed by atoms with Crippen molar-refractivity contribution in [3.63, 3.8) is 0 Å². The fourth-order valence-corrected chi connectivity index (χ4v) is 3.87. The second-order valence-electron chi connectivity index (χ2n) is 7.35. The van der Waals surface area contributed by atoms with Crippen molar-refractivity contribution in [2.45, 2.75) is 39.2 Å². The van der Waals surface area contributed by atoms with Crippen LogP contribution < -0.4 is 0 Å². The summed E-state index contributed by atoms with van der Waals surface area (Å²) in [6, 6.07) is 11.6. The van der Waals surface area contributed by atoms with Gasteiger partial charge in [-0.2, -0.15) is 0 Å². The van der Waals surface area contributed by atoms with Gasteiger partial charge in [-0.05, 0) is 55.6 Å². The molecule has 140 valence electrons. The maximum absolute atomic E-state index is 9.73. The topological polar surface area (TPSA) is 65.0 Å². The van der Waals surface area contributed by atoms with E-state index in [1.165, 1.54) is 17.0 Å². The number of nitrogens with one attached hydrogen (secondary N) is 1. The number of phenols is 1. The maximum atomic E-state index is 9.73. The van der Waals surface area contributed by atoms with Gasteiger partial charge >= 0.3 is 0 Å². The Morgan fingerprint density at radius 1 is 1.26 bits per heavy atom. The number of imidazole rings is 1. The number of rotatable bonds is 5. The van der Waals surface area contributed by atoms with Gasteiger partial charge in [0, 0.05) is 37.0 Å². The minimum absolute atomic E-state index is 0.271. The lowest BCUT2D eigenvalue weighted by molar-refractivity contribution is 0.322. The zero-order chi connectivity index (χ0) is 18.8. The zero-order valence-electron chi connectivity index (χ0n) is 15.9.